The van der Waals surface area contributed by atoms with Gasteiger partial charge in [-0.05, 0) is 50.5 Å². The maximum atomic E-state index is 12.0. The summed E-state index contributed by atoms with van der Waals surface area (Å²) in [6, 6.07) is 4.06. The highest BCUT2D eigenvalue weighted by Gasteiger charge is 2.13. The Kier molecular flexibility index (Phi) is 3.51. The fraction of sp³-hybridized carbons (Fsp3) is 0.462. The second kappa shape index (κ2) is 4.47. The predicted octanol–water partition coefficient (Wildman–Crippen LogP) is 2.70. The molecule has 2 heteroatoms. The molecule has 0 fully saturated rings. The molecular formula is C13H19NO. The van der Waals surface area contributed by atoms with Crippen molar-refractivity contribution < 1.29 is 4.79 Å². The quantitative estimate of drug-likeness (QED) is 0.727. The Balaban J connectivity index is 3.15. The fourth-order valence-corrected chi connectivity index (χ4v) is 1.54. The second-order valence-electron chi connectivity index (χ2n) is 4.07. The smallest absolute Gasteiger partial charge is 0.253 e. The van der Waals surface area contributed by atoms with Crippen LogP contribution in [0.15, 0.2) is 12.1 Å². The van der Waals surface area contributed by atoms with Crippen molar-refractivity contribution in [3.63, 3.8) is 0 Å². The van der Waals surface area contributed by atoms with Crippen LogP contribution in [0.4, 0.5) is 0 Å². The average Bonchev–Trinajstić information content (AvgIpc) is 2.21. The maximum absolute atomic E-state index is 12.0. The molecule has 1 aromatic carbocycles. The Labute approximate surface area is 91.9 Å². The topological polar surface area (TPSA) is 20.3 Å². The van der Waals surface area contributed by atoms with Gasteiger partial charge in [-0.2, -0.15) is 0 Å². The molecule has 0 aliphatic rings. The van der Waals surface area contributed by atoms with Crippen molar-refractivity contribution in [1.82, 2.24) is 4.90 Å². The van der Waals surface area contributed by atoms with Gasteiger partial charge in [-0.15, -0.1) is 0 Å². The van der Waals surface area contributed by atoms with E-state index in [9.17, 15) is 4.79 Å². The van der Waals surface area contributed by atoms with Crippen LogP contribution in [-0.4, -0.2) is 24.4 Å². The molecule has 1 rings (SSSR count). The van der Waals surface area contributed by atoms with Crippen molar-refractivity contribution in [2.24, 2.45) is 0 Å². The third kappa shape index (κ3) is 2.38. The SMILES string of the molecule is CCN(C)C(=O)c1cc(C)c(C)cc1C. The normalized spacial score (nSPS) is 10.2. The van der Waals surface area contributed by atoms with Gasteiger partial charge in [0, 0.05) is 19.2 Å². The minimum atomic E-state index is 0.109. The second-order valence-corrected chi connectivity index (χ2v) is 4.07. The van der Waals surface area contributed by atoms with Gasteiger partial charge in [0.15, 0.2) is 0 Å². The van der Waals surface area contributed by atoms with Gasteiger partial charge in [0.25, 0.3) is 5.91 Å². The molecular weight excluding hydrogens is 186 g/mol. The van der Waals surface area contributed by atoms with Crippen molar-refractivity contribution in [2.75, 3.05) is 13.6 Å². The van der Waals surface area contributed by atoms with E-state index in [0.717, 1.165) is 17.7 Å². The van der Waals surface area contributed by atoms with E-state index >= 15 is 0 Å². The van der Waals surface area contributed by atoms with Crippen LogP contribution in [0.3, 0.4) is 0 Å². The zero-order valence-corrected chi connectivity index (χ0v) is 10.2. The van der Waals surface area contributed by atoms with Crippen LogP contribution in [-0.2, 0) is 0 Å². The van der Waals surface area contributed by atoms with Crippen molar-refractivity contribution in [3.05, 3.63) is 34.4 Å². The van der Waals surface area contributed by atoms with Crippen LogP contribution in [0.1, 0.15) is 34.0 Å². The minimum Gasteiger partial charge on any atom is -0.342 e. The minimum absolute atomic E-state index is 0.109. The van der Waals surface area contributed by atoms with Gasteiger partial charge in [-0.3, -0.25) is 4.79 Å². The summed E-state index contributed by atoms with van der Waals surface area (Å²) in [5, 5.41) is 0. The Morgan fingerprint density at radius 1 is 1.13 bits per heavy atom. The highest BCUT2D eigenvalue weighted by molar-refractivity contribution is 5.95. The van der Waals surface area contributed by atoms with E-state index in [4.69, 9.17) is 0 Å². The van der Waals surface area contributed by atoms with Gasteiger partial charge in [-0.25, -0.2) is 0 Å². The molecule has 0 unspecified atom stereocenters. The molecule has 0 saturated carbocycles. The maximum Gasteiger partial charge on any atom is 0.253 e. The third-order valence-corrected chi connectivity index (χ3v) is 2.89. The first-order valence-corrected chi connectivity index (χ1v) is 5.30. The standard InChI is InChI=1S/C13H19NO/c1-6-14(5)13(15)12-8-10(3)9(2)7-11(12)4/h7-8H,6H2,1-5H3. The Morgan fingerprint density at radius 3 is 2.20 bits per heavy atom. The monoisotopic (exact) mass is 205 g/mol. The van der Waals surface area contributed by atoms with Crippen LogP contribution in [0, 0.1) is 20.8 Å². The lowest BCUT2D eigenvalue weighted by Crippen LogP contribution is -2.27. The first-order chi connectivity index (χ1) is 6.97. The lowest BCUT2D eigenvalue weighted by Gasteiger charge is -2.17. The van der Waals surface area contributed by atoms with Crippen molar-refractivity contribution in [3.8, 4) is 0 Å². The predicted molar refractivity (Wildman–Crippen MR) is 63.3 cm³/mol. The summed E-state index contributed by atoms with van der Waals surface area (Å²) in [5.74, 6) is 0.109. The molecule has 0 aromatic heterocycles. The molecule has 82 valence electrons. The highest BCUT2D eigenvalue weighted by Crippen LogP contribution is 2.16. The number of benzene rings is 1. The van der Waals surface area contributed by atoms with Gasteiger partial charge in [0.2, 0.25) is 0 Å². The molecule has 0 atom stereocenters. The van der Waals surface area contributed by atoms with Gasteiger partial charge in [0.05, 0.1) is 0 Å². The van der Waals surface area contributed by atoms with Gasteiger partial charge < -0.3 is 4.90 Å². The molecule has 0 radical (unpaired) electrons. The molecule has 1 amide bonds. The van der Waals surface area contributed by atoms with Crippen molar-refractivity contribution in [1.29, 1.82) is 0 Å². The number of hydrogen-bond acceptors (Lipinski definition) is 1. The molecule has 0 saturated heterocycles. The van der Waals surface area contributed by atoms with Crippen LogP contribution in [0.5, 0.6) is 0 Å². The molecule has 0 N–H and O–H groups in total. The average molecular weight is 205 g/mol. The first kappa shape index (κ1) is 11.8. The lowest BCUT2D eigenvalue weighted by atomic mass is 10.00. The van der Waals surface area contributed by atoms with E-state index in [2.05, 4.69) is 13.0 Å². The summed E-state index contributed by atoms with van der Waals surface area (Å²) < 4.78 is 0. The van der Waals surface area contributed by atoms with E-state index in [0.29, 0.717) is 0 Å². The van der Waals surface area contributed by atoms with Crippen LogP contribution < -0.4 is 0 Å². The summed E-state index contributed by atoms with van der Waals surface area (Å²) in [6.45, 7) is 8.82. The van der Waals surface area contributed by atoms with Crippen molar-refractivity contribution >= 4 is 5.91 Å². The molecule has 0 bridgehead atoms. The number of nitrogens with zero attached hydrogens (tertiary/aromatic N) is 1. The zero-order chi connectivity index (χ0) is 11.6. The Morgan fingerprint density at radius 2 is 1.67 bits per heavy atom. The largest absolute Gasteiger partial charge is 0.342 e. The number of aryl methyl sites for hydroxylation is 3. The van der Waals surface area contributed by atoms with Crippen LogP contribution in [0.25, 0.3) is 0 Å². The summed E-state index contributed by atoms with van der Waals surface area (Å²) in [5.41, 5.74) is 4.29. The van der Waals surface area contributed by atoms with E-state index in [1.165, 1.54) is 11.1 Å². The van der Waals surface area contributed by atoms with Gasteiger partial charge in [0.1, 0.15) is 0 Å². The highest BCUT2D eigenvalue weighted by atomic mass is 16.2. The molecule has 1 aromatic rings. The Bertz CT molecular complexity index is 382. The number of carbonyl (C=O) groups excluding carboxylic acids is 1. The number of carbonyl (C=O) groups is 1. The molecule has 0 aliphatic carbocycles. The Hall–Kier alpha value is -1.31. The first-order valence-electron chi connectivity index (χ1n) is 5.30. The van der Waals surface area contributed by atoms with E-state index in [1.807, 2.05) is 33.9 Å². The summed E-state index contributed by atoms with van der Waals surface area (Å²) in [7, 11) is 1.83. The number of hydrogen-bond donors (Lipinski definition) is 0. The third-order valence-electron chi connectivity index (χ3n) is 2.89. The van der Waals surface area contributed by atoms with Gasteiger partial charge >= 0.3 is 0 Å². The number of amides is 1. The molecule has 0 aliphatic heterocycles. The molecule has 0 heterocycles. The summed E-state index contributed by atoms with van der Waals surface area (Å²) in [6.07, 6.45) is 0. The van der Waals surface area contributed by atoms with E-state index in [-0.39, 0.29) is 5.91 Å². The van der Waals surface area contributed by atoms with E-state index < -0.39 is 0 Å². The van der Waals surface area contributed by atoms with Crippen molar-refractivity contribution in [2.45, 2.75) is 27.7 Å². The lowest BCUT2D eigenvalue weighted by molar-refractivity contribution is 0.0801. The van der Waals surface area contributed by atoms with Crippen LogP contribution in [0.2, 0.25) is 0 Å². The van der Waals surface area contributed by atoms with Gasteiger partial charge in [-0.1, -0.05) is 6.07 Å². The number of rotatable bonds is 2. The summed E-state index contributed by atoms with van der Waals surface area (Å²) >= 11 is 0. The van der Waals surface area contributed by atoms with E-state index in [1.54, 1.807) is 4.90 Å². The zero-order valence-electron chi connectivity index (χ0n) is 10.2. The molecule has 0 spiro atoms. The fourth-order valence-electron chi connectivity index (χ4n) is 1.54. The molecule has 2 nitrogen and oxygen atoms in total. The summed E-state index contributed by atoms with van der Waals surface area (Å²) in [4.78, 5) is 13.7. The molecule has 15 heavy (non-hydrogen) atoms. The van der Waals surface area contributed by atoms with Crippen LogP contribution >= 0.6 is 0 Å².